The van der Waals surface area contributed by atoms with Gasteiger partial charge >= 0.3 is 6.03 Å². The SMILES string of the molecule is O=C(CN1CCN(c2ccc(F)c(F)c2)C1=O)N1CCN(Cc2cccnc2)CC1. The highest BCUT2D eigenvalue weighted by Gasteiger charge is 2.33. The van der Waals surface area contributed by atoms with Crippen molar-refractivity contribution in [1.82, 2.24) is 19.7 Å². The van der Waals surface area contributed by atoms with Gasteiger partial charge in [0.2, 0.25) is 5.91 Å². The number of urea groups is 1. The van der Waals surface area contributed by atoms with E-state index in [-0.39, 0.29) is 24.2 Å². The molecule has 3 heterocycles. The summed E-state index contributed by atoms with van der Waals surface area (Å²) >= 11 is 0. The lowest BCUT2D eigenvalue weighted by atomic mass is 10.2. The lowest BCUT2D eigenvalue weighted by molar-refractivity contribution is -0.133. The quantitative estimate of drug-likeness (QED) is 0.749. The third-order valence-electron chi connectivity index (χ3n) is 5.49. The fraction of sp³-hybridized carbons (Fsp3) is 0.381. The molecule has 0 bridgehead atoms. The number of benzene rings is 1. The first kappa shape index (κ1) is 20.2. The molecule has 2 saturated heterocycles. The maximum Gasteiger partial charge on any atom is 0.325 e. The van der Waals surface area contributed by atoms with Gasteiger partial charge in [0.25, 0.3) is 0 Å². The Morgan fingerprint density at radius 3 is 2.50 bits per heavy atom. The van der Waals surface area contributed by atoms with E-state index in [0.29, 0.717) is 26.2 Å². The molecule has 4 rings (SSSR count). The van der Waals surface area contributed by atoms with Crippen LogP contribution >= 0.6 is 0 Å². The Balaban J connectivity index is 1.28. The highest BCUT2D eigenvalue weighted by molar-refractivity contribution is 5.96. The summed E-state index contributed by atoms with van der Waals surface area (Å²) in [6.07, 6.45) is 3.59. The van der Waals surface area contributed by atoms with E-state index in [1.165, 1.54) is 15.9 Å². The Morgan fingerprint density at radius 2 is 1.80 bits per heavy atom. The molecule has 9 heteroatoms. The second-order valence-electron chi connectivity index (χ2n) is 7.47. The van der Waals surface area contributed by atoms with Crippen LogP contribution in [0.3, 0.4) is 0 Å². The van der Waals surface area contributed by atoms with Crippen LogP contribution in [0, 0.1) is 11.6 Å². The highest BCUT2D eigenvalue weighted by atomic mass is 19.2. The summed E-state index contributed by atoms with van der Waals surface area (Å²) in [6.45, 7) is 4.21. The zero-order chi connectivity index (χ0) is 21.1. The van der Waals surface area contributed by atoms with Crippen LogP contribution in [0.5, 0.6) is 0 Å². The van der Waals surface area contributed by atoms with Gasteiger partial charge in [-0.3, -0.25) is 19.6 Å². The average molecular weight is 415 g/mol. The first-order chi connectivity index (χ1) is 14.5. The Bertz CT molecular complexity index is 919. The normalized spacial score (nSPS) is 17.7. The molecule has 3 amide bonds. The fourth-order valence-electron chi connectivity index (χ4n) is 3.79. The summed E-state index contributed by atoms with van der Waals surface area (Å²) in [4.78, 5) is 36.3. The third kappa shape index (κ3) is 4.40. The fourth-order valence-corrected chi connectivity index (χ4v) is 3.79. The number of nitrogens with zero attached hydrogens (tertiary/aromatic N) is 5. The number of amides is 3. The summed E-state index contributed by atoms with van der Waals surface area (Å²) in [5, 5.41) is 0. The van der Waals surface area contributed by atoms with Crippen molar-refractivity contribution in [3.63, 3.8) is 0 Å². The summed E-state index contributed by atoms with van der Waals surface area (Å²) in [5.41, 5.74) is 1.43. The molecule has 0 radical (unpaired) electrons. The number of carbonyl (C=O) groups is 2. The van der Waals surface area contributed by atoms with E-state index in [2.05, 4.69) is 9.88 Å². The number of anilines is 1. The molecule has 1 aromatic carbocycles. The number of hydrogen-bond donors (Lipinski definition) is 0. The van der Waals surface area contributed by atoms with Crippen LogP contribution in [0.25, 0.3) is 0 Å². The number of hydrogen-bond acceptors (Lipinski definition) is 4. The van der Waals surface area contributed by atoms with E-state index < -0.39 is 11.6 Å². The van der Waals surface area contributed by atoms with Gasteiger partial charge in [0.1, 0.15) is 6.54 Å². The second kappa shape index (κ2) is 8.74. The van der Waals surface area contributed by atoms with Gasteiger partial charge < -0.3 is 9.80 Å². The Hall–Kier alpha value is -3.07. The highest BCUT2D eigenvalue weighted by Crippen LogP contribution is 2.22. The van der Waals surface area contributed by atoms with Crippen LogP contribution in [-0.4, -0.2) is 77.4 Å². The average Bonchev–Trinajstić information content (AvgIpc) is 3.11. The van der Waals surface area contributed by atoms with Gasteiger partial charge in [0, 0.05) is 70.0 Å². The lowest BCUT2D eigenvalue weighted by Gasteiger charge is -2.35. The molecule has 2 aliphatic rings. The van der Waals surface area contributed by atoms with E-state index in [1.807, 2.05) is 18.3 Å². The first-order valence-electron chi connectivity index (χ1n) is 9.92. The lowest BCUT2D eigenvalue weighted by Crippen LogP contribution is -2.51. The number of aromatic nitrogens is 1. The minimum absolute atomic E-state index is 0.0123. The van der Waals surface area contributed by atoms with Crippen LogP contribution in [0.4, 0.5) is 19.3 Å². The molecule has 0 spiro atoms. The number of pyridine rings is 1. The van der Waals surface area contributed by atoms with Crippen molar-refractivity contribution in [2.45, 2.75) is 6.54 Å². The zero-order valence-electron chi connectivity index (χ0n) is 16.5. The first-order valence-corrected chi connectivity index (χ1v) is 9.92. The maximum atomic E-state index is 13.5. The molecule has 0 atom stereocenters. The van der Waals surface area contributed by atoms with Crippen molar-refractivity contribution in [1.29, 1.82) is 0 Å². The largest absolute Gasteiger partial charge is 0.339 e. The molecule has 7 nitrogen and oxygen atoms in total. The molecule has 0 unspecified atom stereocenters. The molecule has 30 heavy (non-hydrogen) atoms. The van der Waals surface area contributed by atoms with E-state index >= 15 is 0 Å². The molecular weight excluding hydrogens is 392 g/mol. The molecule has 0 N–H and O–H groups in total. The van der Waals surface area contributed by atoms with Crippen LogP contribution in [-0.2, 0) is 11.3 Å². The van der Waals surface area contributed by atoms with Crippen molar-refractivity contribution in [3.05, 3.63) is 59.9 Å². The van der Waals surface area contributed by atoms with Gasteiger partial charge in [-0.05, 0) is 23.8 Å². The third-order valence-corrected chi connectivity index (χ3v) is 5.49. The van der Waals surface area contributed by atoms with Gasteiger partial charge in [-0.1, -0.05) is 6.07 Å². The van der Waals surface area contributed by atoms with Gasteiger partial charge in [0.15, 0.2) is 11.6 Å². The predicted octanol–water partition coefficient (Wildman–Crippen LogP) is 1.95. The molecule has 2 aromatic rings. The number of rotatable bonds is 5. The standard InChI is InChI=1S/C21H23F2N5O2/c22-18-4-3-17(12-19(18)23)28-11-10-27(21(28)30)15-20(29)26-8-6-25(7-9-26)14-16-2-1-5-24-13-16/h1-5,12-13H,6-11,14-15H2. The van der Waals surface area contributed by atoms with Crippen molar-refractivity contribution in [2.24, 2.45) is 0 Å². The minimum atomic E-state index is -1.00. The number of halogens is 2. The summed E-state index contributed by atoms with van der Waals surface area (Å²) in [5.74, 6) is -2.06. The zero-order valence-corrected chi connectivity index (χ0v) is 16.5. The topological polar surface area (TPSA) is 60.0 Å². The molecular formula is C21H23F2N5O2. The van der Waals surface area contributed by atoms with E-state index in [9.17, 15) is 18.4 Å². The Kier molecular flexibility index (Phi) is 5.89. The minimum Gasteiger partial charge on any atom is -0.339 e. The van der Waals surface area contributed by atoms with Crippen molar-refractivity contribution in [2.75, 3.05) is 50.7 Å². The molecule has 1 aromatic heterocycles. The molecule has 2 aliphatic heterocycles. The maximum absolute atomic E-state index is 13.5. The predicted molar refractivity (Wildman–Crippen MR) is 107 cm³/mol. The molecule has 2 fully saturated rings. The summed E-state index contributed by atoms with van der Waals surface area (Å²) in [7, 11) is 0. The Morgan fingerprint density at radius 1 is 1.00 bits per heavy atom. The monoisotopic (exact) mass is 415 g/mol. The molecule has 0 saturated carbocycles. The van der Waals surface area contributed by atoms with E-state index in [4.69, 9.17) is 0 Å². The van der Waals surface area contributed by atoms with Gasteiger partial charge in [0.05, 0.1) is 0 Å². The van der Waals surface area contributed by atoms with Crippen LogP contribution in [0.15, 0.2) is 42.7 Å². The smallest absolute Gasteiger partial charge is 0.325 e. The van der Waals surface area contributed by atoms with Crippen molar-refractivity contribution >= 4 is 17.6 Å². The molecule has 0 aliphatic carbocycles. The Labute approximate surface area is 173 Å². The van der Waals surface area contributed by atoms with Crippen LogP contribution < -0.4 is 4.90 Å². The van der Waals surface area contributed by atoms with E-state index in [1.54, 1.807) is 11.1 Å². The van der Waals surface area contributed by atoms with Gasteiger partial charge in [-0.2, -0.15) is 0 Å². The van der Waals surface area contributed by atoms with Crippen LogP contribution in [0.1, 0.15) is 5.56 Å². The van der Waals surface area contributed by atoms with Crippen LogP contribution in [0.2, 0.25) is 0 Å². The van der Waals surface area contributed by atoms with Gasteiger partial charge in [-0.15, -0.1) is 0 Å². The summed E-state index contributed by atoms with van der Waals surface area (Å²) < 4.78 is 26.6. The number of carbonyl (C=O) groups excluding carboxylic acids is 2. The van der Waals surface area contributed by atoms with Crippen molar-refractivity contribution < 1.29 is 18.4 Å². The van der Waals surface area contributed by atoms with Gasteiger partial charge in [-0.25, -0.2) is 13.6 Å². The number of piperazine rings is 1. The van der Waals surface area contributed by atoms with Crippen molar-refractivity contribution in [3.8, 4) is 0 Å². The van der Waals surface area contributed by atoms with E-state index in [0.717, 1.165) is 37.3 Å². The molecule has 158 valence electrons. The second-order valence-corrected chi connectivity index (χ2v) is 7.47. The summed E-state index contributed by atoms with van der Waals surface area (Å²) in [6, 6.07) is 6.93.